The summed E-state index contributed by atoms with van der Waals surface area (Å²) in [6, 6.07) is 14.8. The van der Waals surface area contributed by atoms with Gasteiger partial charge in [0.05, 0.1) is 13.2 Å². The Morgan fingerprint density at radius 1 is 1.21 bits per heavy atom. The van der Waals surface area contributed by atoms with Crippen LogP contribution < -0.4 is 15.4 Å². The average molecular weight is 328 g/mol. The highest BCUT2D eigenvalue weighted by atomic mass is 16.5. The fourth-order valence-corrected chi connectivity index (χ4v) is 2.58. The molecule has 0 aromatic heterocycles. The predicted octanol–water partition coefficient (Wildman–Crippen LogP) is 3.64. The van der Waals surface area contributed by atoms with E-state index in [9.17, 15) is 4.79 Å². The number of ether oxygens (including phenoxy) is 1. The SMILES string of the molecule is COc1ccc(NC(=O)N[C@@H](CCCO)c2ccccc2)cc1C. The van der Waals surface area contributed by atoms with Crippen molar-refractivity contribution in [2.45, 2.75) is 25.8 Å². The van der Waals surface area contributed by atoms with Gasteiger partial charge in [-0.1, -0.05) is 30.3 Å². The van der Waals surface area contributed by atoms with E-state index in [-0.39, 0.29) is 18.7 Å². The number of rotatable bonds is 7. The van der Waals surface area contributed by atoms with E-state index in [1.807, 2.05) is 49.4 Å². The Bertz CT molecular complexity index is 659. The number of urea groups is 1. The molecule has 2 aromatic carbocycles. The average Bonchev–Trinajstić information content (AvgIpc) is 2.59. The van der Waals surface area contributed by atoms with Crippen molar-refractivity contribution in [1.82, 2.24) is 5.32 Å². The van der Waals surface area contributed by atoms with E-state index in [4.69, 9.17) is 9.84 Å². The molecule has 1 atom stereocenters. The van der Waals surface area contributed by atoms with Gasteiger partial charge in [-0.25, -0.2) is 4.79 Å². The molecule has 24 heavy (non-hydrogen) atoms. The van der Waals surface area contributed by atoms with Gasteiger partial charge in [0.15, 0.2) is 0 Å². The predicted molar refractivity (Wildman–Crippen MR) is 95.4 cm³/mol. The summed E-state index contributed by atoms with van der Waals surface area (Å²) in [6.45, 7) is 2.03. The van der Waals surface area contributed by atoms with Crippen molar-refractivity contribution < 1.29 is 14.6 Å². The lowest BCUT2D eigenvalue weighted by atomic mass is 10.0. The van der Waals surface area contributed by atoms with Gasteiger partial charge in [-0.15, -0.1) is 0 Å². The summed E-state index contributed by atoms with van der Waals surface area (Å²) in [7, 11) is 1.62. The minimum Gasteiger partial charge on any atom is -0.496 e. The van der Waals surface area contributed by atoms with E-state index >= 15 is 0 Å². The zero-order valence-corrected chi connectivity index (χ0v) is 14.1. The van der Waals surface area contributed by atoms with Gasteiger partial charge < -0.3 is 20.5 Å². The normalized spacial score (nSPS) is 11.6. The van der Waals surface area contributed by atoms with Gasteiger partial charge >= 0.3 is 6.03 Å². The second-order valence-electron chi connectivity index (χ2n) is 5.61. The van der Waals surface area contributed by atoms with Crippen LogP contribution in [0.1, 0.15) is 30.0 Å². The van der Waals surface area contributed by atoms with E-state index in [2.05, 4.69) is 10.6 Å². The van der Waals surface area contributed by atoms with Crippen LogP contribution in [0.3, 0.4) is 0 Å². The first-order valence-corrected chi connectivity index (χ1v) is 8.02. The standard InChI is InChI=1S/C19H24N2O3/c1-14-13-16(10-11-18(14)24-2)20-19(23)21-17(9-6-12-22)15-7-4-3-5-8-15/h3-5,7-8,10-11,13,17,22H,6,9,12H2,1-2H3,(H2,20,21,23)/t17-/m0/s1. The monoisotopic (exact) mass is 328 g/mol. The lowest BCUT2D eigenvalue weighted by molar-refractivity contribution is 0.244. The summed E-state index contributed by atoms with van der Waals surface area (Å²) < 4.78 is 5.22. The summed E-state index contributed by atoms with van der Waals surface area (Å²) in [5.41, 5.74) is 2.68. The van der Waals surface area contributed by atoms with Crippen LogP contribution in [0, 0.1) is 6.92 Å². The molecule has 2 amide bonds. The number of hydrogen-bond acceptors (Lipinski definition) is 3. The van der Waals surface area contributed by atoms with Crippen molar-refractivity contribution in [3.8, 4) is 5.75 Å². The molecule has 0 unspecified atom stereocenters. The molecule has 5 heteroatoms. The Balaban J connectivity index is 2.03. The van der Waals surface area contributed by atoms with Crippen LogP contribution in [0.4, 0.5) is 10.5 Å². The molecule has 5 nitrogen and oxygen atoms in total. The van der Waals surface area contributed by atoms with Gasteiger partial charge in [0, 0.05) is 12.3 Å². The third-order valence-electron chi connectivity index (χ3n) is 3.81. The maximum atomic E-state index is 12.3. The fourth-order valence-electron chi connectivity index (χ4n) is 2.58. The van der Waals surface area contributed by atoms with Crippen LogP contribution in [-0.4, -0.2) is 24.9 Å². The van der Waals surface area contributed by atoms with Gasteiger partial charge in [-0.3, -0.25) is 0 Å². The highest BCUT2D eigenvalue weighted by molar-refractivity contribution is 5.89. The first-order chi connectivity index (χ1) is 11.6. The maximum absolute atomic E-state index is 12.3. The number of hydrogen-bond donors (Lipinski definition) is 3. The van der Waals surface area contributed by atoms with Crippen LogP contribution in [0.15, 0.2) is 48.5 Å². The molecule has 2 rings (SSSR count). The van der Waals surface area contributed by atoms with Crippen molar-refractivity contribution in [3.05, 3.63) is 59.7 Å². The quantitative estimate of drug-likeness (QED) is 0.727. The Morgan fingerprint density at radius 3 is 2.58 bits per heavy atom. The minimum absolute atomic E-state index is 0.101. The molecule has 2 aromatic rings. The largest absolute Gasteiger partial charge is 0.496 e. The van der Waals surface area contributed by atoms with Crippen LogP contribution in [0.25, 0.3) is 0 Å². The number of methoxy groups -OCH3 is 1. The summed E-state index contributed by atoms with van der Waals surface area (Å²) >= 11 is 0. The summed E-state index contributed by atoms with van der Waals surface area (Å²) in [5.74, 6) is 0.783. The number of aryl methyl sites for hydroxylation is 1. The number of anilines is 1. The highest BCUT2D eigenvalue weighted by Crippen LogP contribution is 2.22. The second-order valence-corrected chi connectivity index (χ2v) is 5.61. The first kappa shape index (κ1) is 17.8. The zero-order valence-electron chi connectivity index (χ0n) is 14.1. The molecule has 0 saturated heterocycles. The van der Waals surface area contributed by atoms with Crippen LogP contribution >= 0.6 is 0 Å². The molecular weight excluding hydrogens is 304 g/mol. The molecule has 0 aliphatic rings. The molecule has 0 spiro atoms. The Labute approximate surface area is 142 Å². The van der Waals surface area contributed by atoms with Crippen LogP contribution in [-0.2, 0) is 0 Å². The van der Waals surface area contributed by atoms with Crippen molar-refractivity contribution >= 4 is 11.7 Å². The van der Waals surface area contributed by atoms with Gasteiger partial charge in [-0.05, 0) is 49.1 Å². The Kier molecular flexibility index (Phi) is 6.63. The van der Waals surface area contributed by atoms with E-state index < -0.39 is 0 Å². The lowest BCUT2D eigenvalue weighted by Gasteiger charge is -2.19. The van der Waals surface area contributed by atoms with Gasteiger partial charge in [0.1, 0.15) is 5.75 Å². The third-order valence-corrected chi connectivity index (χ3v) is 3.81. The number of nitrogens with one attached hydrogen (secondary N) is 2. The topological polar surface area (TPSA) is 70.6 Å². The van der Waals surface area contributed by atoms with E-state index in [1.165, 1.54) is 0 Å². The molecule has 0 fully saturated rings. The maximum Gasteiger partial charge on any atom is 0.319 e. The van der Waals surface area contributed by atoms with E-state index in [0.29, 0.717) is 18.5 Å². The van der Waals surface area contributed by atoms with Crippen LogP contribution in [0.5, 0.6) is 5.75 Å². The Morgan fingerprint density at radius 2 is 1.96 bits per heavy atom. The summed E-state index contributed by atoms with van der Waals surface area (Å²) in [5, 5.41) is 14.9. The number of benzene rings is 2. The molecule has 0 radical (unpaired) electrons. The van der Waals surface area contributed by atoms with Crippen molar-refractivity contribution in [3.63, 3.8) is 0 Å². The molecule has 0 aliphatic heterocycles. The highest BCUT2D eigenvalue weighted by Gasteiger charge is 2.14. The van der Waals surface area contributed by atoms with Gasteiger partial charge in [0.25, 0.3) is 0 Å². The van der Waals surface area contributed by atoms with Gasteiger partial charge in [0.2, 0.25) is 0 Å². The van der Waals surface area contributed by atoms with E-state index in [1.54, 1.807) is 13.2 Å². The van der Waals surface area contributed by atoms with E-state index in [0.717, 1.165) is 16.9 Å². The molecule has 3 N–H and O–H groups in total. The zero-order chi connectivity index (χ0) is 17.4. The molecular formula is C19H24N2O3. The number of aliphatic hydroxyl groups excluding tert-OH is 1. The first-order valence-electron chi connectivity index (χ1n) is 8.02. The number of aliphatic hydroxyl groups is 1. The Hall–Kier alpha value is -2.53. The van der Waals surface area contributed by atoms with Gasteiger partial charge in [-0.2, -0.15) is 0 Å². The molecule has 128 valence electrons. The third kappa shape index (κ3) is 4.99. The molecule has 0 heterocycles. The van der Waals surface area contributed by atoms with Crippen molar-refractivity contribution in [1.29, 1.82) is 0 Å². The van der Waals surface area contributed by atoms with Crippen molar-refractivity contribution in [2.75, 3.05) is 19.0 Å². The van der Waals surface area contributed by atoms with Crippen molar-refractivity contribution in [2.24, 2.45) is 0 Å². The second kappa shape index (κ2) is 8.93. The molecule has 0 aliphatic carbocycles. The number of amides is 2. The molecule has 0 bridgehead atoms. The minimum atomic E-state index is -0.272. The summed E-state index contributed by atoms with van der Waals surface area (Å²) in [6.07, 6.45) is 1.30. The smallest absolute Gasteiger partial charge is 0.319 e. The lowest BCUT2D eigenvalue weighted by Crippen LogP contribution is -2.32. The van der Waals surface area contributed by atoms with Crippen LogP contribution in [0.2, 0.25) is 0 Å². The number of carbonyl (C=O) groups is 1. The number of carbonyl (C=O) groups excluding carboxylic acids is 1. The summed E-state index contributed by atoms with van der Waals surface area (Å²) in [4.78, 5) is 12.3. The fraction of sp³-hybridized carbons (Fsp3) is 0.316. The molecule has 0 saturated carbocycles.